The topological polar surface area (TPSA) is 48.7 Å². The molecule has 0 radical (unpaired) electrons. The molecule has 0 bridgehead atoms. The van der Waals surface area contributed by atoms with E-state index in [0.29, 0.717) is 23.6 Å². The van der Waals surface area contributed by atoms with E-state index >= 15 is 0 Å². The van der Waals surface area contributed by atoms with Gasteiger partial charge in [-0.25, -0.2) is 0 Å². The average molecular weight is 329 g/mol. The number of benzene rings is 1. The van der Waals surface area contributed by atoms with E-state index in [1.165, 1.54) is 0 Å². The first-order valence-electron chi connectivity index (χ1n) is 8.72. The van der Waals surface area contributed by atoms with Gasteiger partial charge in [0.15, 0.2) is 0 Å². The molecule has 1 spiro atoms. The fourth-order valence-corrected chi connectivity index (χ4v) is 4.15. The zero-order chi connectivity index (χ0) is 17.0. The van der Waals surface area contributed by atoms with Crippen molar-refractivity contribution in [3.63, 3.8) is 0 Å². The maximum atomic E-state index is 8.95. The van der Waals surface area contributed by atoms with Crippen LogP contribution in [-0.4, -0.2) is 69.4 Å². The van der Waals surface area contributed by atoms with Crippen molar-refractivity contribution in [1.29, 1.82) is 5.26 Å². The molecule has 2 heterocycles. The predicted octanol–water partition coefficient (Wildman–Crippen LogP) is 1.98. The molecule has 2 saturated heterocycles. The Morgan fingerprint density at radius 3 is 2.88 bits per heavy atom. The van der Waals surface area contributed by atoms with Gasteiger partial charge in [-0.15, -0.1) is 0 Å². The molecule has 130 valence electrons. The van der Waals surface area contributed by atoms with Crippen LogP contribution >= 0.6 is 0 Å². The maximum Gasteiger partial charge on any atom is 0.120 e. The quantitative estimate of drug-likeness (QED) is 0.827. The largest absolute Gasteiger partial charge is 0.492 e. The summed E-state index contributed by atoms with van der Waals surface area (Å²) in [6, 6.07) is 10.1. The minimum Gasteiger partial charge on any atom is -0.492 e. The molecule has 3 rings (SSSR count). The molecule has 5 heteroatoms. The molecule has 2 aliphatic heterocycles. The second kappa shape index (κ2) is 7.52. The van der Waals surface area contributed by atoms with Crippen LogP contribution < -0.4 is 4.74 Å². The van der Waals surface area contributed by atoms with Crippen molar-refractivity contribution in [3.8, 4) is 11.8 Å². The van der Waals surface area contributed by atoms with Crippen LogP contribution in [0.3, 0.4) is 0 Å². The molecule has 1 atom stereocenters. The Labute approximate surface area is 144 Å². The molecule has 1 aromatic rings. The molecule has 0 aliphatic carbocycles. The van der Waals surface area contributed by atoms with Crippen LogP contribution in [0.5, 0.6) is 5.75 Å². The molecule has 0 saturated carbocycles. The molecule has 2 fully saturated rings. The second-order valence-electron chi connectivity index (χ2n) is 7.18. The Kier molecular flexibility index (Phi) is 5.40. The van der Waals surface area contributed by atoms with E-state index < -0.39 is 0 Å². The Morgan fingerprint density at radius 1 is 1.38 bits per heavy atom. The minimum atomic E-state index is 0.364. The number of rotatable bonds is 5. The highest BCUT2D eigenvalue weighted by Crippen LogP contribution is 2.41. The van der Waals surface area contributed by atoms with Gasteiger partial charge in [0.05, 0.1) is 11.6 Å². The van der Waals surface area contributed by atoms with Crippen LogP contribution in [0.15, 0.2) is 24.3 Å². The monoisotopic (exact) mass is 329 g/mol. The number of ether oxygens (including phenoxy) is 2. The molecule has 2 aliphatic rings. The Bertz CT molecular complexity index is 591. The summed E-state index contributed by atoms with van der Waals surface area (Å²) in [5.74, 6) is 0.776. The number of nitrogens with zero attached hydrogens (tertiary/aromatic N) is 3. The highest BCUT2D eigenvalue weighted by Gasteiger charge is 2.47. The van der Waals surface area contributed by atoms with Gasteiger partial charge in [-0.05, 0) is 45.1 Å². The fraction of sp³-hybridized carbons (Fsp3) is 0.632. The molecule has 1 aromatic carbocycles. The number of nitriles is 1. The first-order chi connectivity index (χ1) is 11.6. The standard InChI is InChI=1S/C19H27N3O2/c1-21(2)18-14-22(15-19(18)6-9-23-10-7-19)8-11-24-17-5-3-4-16(12-17)13-20/h3-5,12,18H,6-11,14-15H2,1-2H3. The molecular weight excluding hydrogens is 302 g/mol. The third-order valence-electron chi connectivity index (χ3n) is 5.43. The van der Waals surface area contributed by atoms with Crippen LogP contribution in [0.1, 0.15) is 18.4 Å². The fourth-order valence-electron chi connectivity index (χ4n) is 4.15. The van der Waals surface area contributed by atoms with E-state index in [1.54, 1.807) is 12.1 Å². The number of hydrogen-bond donors (Lipinski definition) is 0. The van der Waals surface area contributed by atoms with Gasteiger partial charge in [0, 0.05) is 44.3 Å². The van der Waals surface area contributed by atoms with E-state index in [2.05, 4.69) is 30.0 Å². The summed E-state index contributed by atoms with van der Waals surface area (Å²) in [5.41, 5.74) is 1.00. The highest BCUT2D eigenvalue weighted by molar-refractivity contribution is 5.36. The molecular formula is C19H27N3O2. The Balaban J connectivity index is 1.55. The number of likely N-dealkylation sites (tertiary alicyclic amines) is 1. The van der Waals surface area contributed by atoms with Gasteiger partial charge in [-0.3, -0.25) is 4.90 Å². The lowest BCUT2D eigenvalue weighted by molar-refractivity contribution is -0.00852. The van der Waals surface area contributed by atoms with E-state index in [-0.39, 0.29) is 0 Å². The third kappa shape index (κ3) is 3.72. The van der Waals surface area contributed by atoms with Gasteiger partial charge in [-0.1, -0.05) is 6.07 Å². The predicted molar refractivity (Wildman–Crippen MR) is 93.1 cm³/mol. The summed E-state index contributed by atoms with van der Waals surface area (Å²) in [7, 11) is 4.38. The molecule has 1 unspecified atom stereocenters. The van der Waals surface area contributed by atoms with Gasteiger partial charge < -0.3 is 14.4 Å². The van der Waals surface area contributed by atoms with Gasteiger partial charge in [-0.2, -0.15) is 5.26 Å². The summed E-state index contributed by atoms with van der Waals surface area (Å²) >= 11 is 0. The van der Waals surface area contributed by atoms with Gasteiger partial charge >= 0.3 is 0 Å². The van der Waals surface area contributed by atoms with E-state index in [9.17, 15) is 0 Å². The van der Waals surface area contributed by atoms with Crippen molar-refractivity contribution in [2.75, 3.05) is 53.6 Å². The zero-order valence-corrected chi connectivity index (χ0v) is 14.7. The van der Waals surface area contributed by atoms with Gasteiger partial charge in [0.25, 0.3) is 0 Å². The van der Waals surface area contributed by atoms with Crippen molar-refractivity contribution in [2.45, 2.75) is 18.9 Å². The normalized spacial score (nSPS) is 23.5. The number of hydrogen-bond acceptors (Lipinski definition) is 5. The minimum absolute atomic E-state index is 0.364. The Morgan fingerprint density at radius 2 is 2.17 bits per heavy atom. The molecule has 0 amide bonds. The summed E-state index contributed by atoms with van der Waals surface area (Å²) in [6.07, 6.45) is 2.30. The third-order valence-corrected chi connectivity index (χ3v) is 5.43. The highest BCUT2D eigenvalue weighted by atomic mass is 16.5. The van der Waals surface area contributed by atoms with E-state index in [4.69, 9.17) is 14.7 Å². The van der Waals surface area contributed by atoms with E-state index in [0.717, 1.165) is 51.4 Å². The van der Waals surface area contributed by atoms with Crippen molar-refractivity contribution in [3.05, 3.63) is 29.8 Å². The lowest BCUT2D eigenvalue weighted by atomic mass is 9.75. The molecule has 24 heavy (non-hydrogen) atoms. The first-order valence-corrected chi connectivity index (χ1v) is 8.72. The van der Waals surface area contributed by atoms with Gasteiger partial charge in [0.2, 0.25) is 0 Å². The molecule has 0 aromatic heterocycles. The lowest BCUT2D eigenvalue weighted by Gasteiger charge is -2.40. The van der Waals surface area contributed by atoms with Crippen molar-refractivity contribution in [2.24, 2.45) is 5.41 Å². The van der Waals surface area contributed by atoms with Crippen LogP contribution in [0.25, 0.3) is 0 Å². The van der Waals surface area contributed by atoms with Crippen molar-refractivity contribution < 1.29 is 9.47 Å². The summed E-state index contributed by atoms with van der Waals surface area (Å²) in [4.78, 5) is 4.90. The summed E-state index contributed by atoms with van der Waals surface area (Å²) < 4.78 is 11.4. The summed E-state index contributed by atoms with van der Waals surface area (Å²) in [6.45, 7) is 5.56. The van der Waals surface area contributed by atoms with Crippen molar-refractivity contribution in [1.82, 2.24) is 9.80 Å². The first kappa shape index (κ1) is 17.2. The van der Waals surface area contributed by atoms with Crippen LogP contribution in [0.2, 0.25) is 0 Å². The Hall–Kier alpha value is -1.61. The smallest absolute Gasteiger partial charge is 0.120 e. The van der Waals surface area contributed by atoms with Crippen LogP contribution in [0, 0.1) is 16.7 Å². The SMILES string of the molecule is CN(C)C1CN(CCOc2cccc(C#N)c2)CC12CCOCC2. The zero-order valence-electron chi connectivity index (χ0n) is 14.7. The molecule has 0 N–H and O–H groups in total. The molecule has 5 nitrogen and oxygen atoms in total. The van der Waals surface area contributed by atoms with Crippen molar-refractivity contribution >= 4 is 0 Å². The van der Waals surface area contributed by atoms with Gasteiger partial charge in [0.1, 0.15) is 12.4 Å². The lowest BCUT2D eigenvalue weighted by Crippen LogP contribution is -2.46. The van der Waals surface area contributed by atoms with E-state index in [1.807, 2.05) is 12.1 Å². The maximum absolute atomic E-state index is 8.95. The van der Waals surface area contributed by atoms with Crippen LogP contribution in [-0.2, 0) is 4.74 Å². The second-order valence-corrected chi connectivity index (χ2v) is 7.18. The number of likely N-dealkylation sites (N-methyl/N-ethyl adjacent to an activating group) is 1. The summed E-state index contributed by atoms with van der Waals surface area (Å²) in [5, 5.41) is 8.95. The average Bonchev–Trinajstić information content (AvgIpc) is 2.94. The van der Waals surface area contributed by atoms with Crippen LogP contribution in [0.4, 0.5) is 0 Å².